The standard InChI is InChI=1S/C16H13ClN4O2/c1-10-8-11(17)6-7-13(10)18-15(22)9-21-16(23)12-4-2-3-5-14(12)19-20-21/h2-8H,9H2,1H3,(H,18,22). The first-order valence-corrected chi connectivity index (χ1v) is 7.31. The van der Waals surface area contributed by atoms with Crippen LogP contribution in [0.4, 0.5) is 5.69 Å². The minimum Gasteiger partial charge on any atom is -0.324 e. The number of aryl methyl sites for hydroxylation is 1. The number of carbonyl (C=O) groups excluding carboxylic acids is 1. The molecule has 1 N–H and O–H groups in total. The summed E-state index contributed by atoms with van der Waals surface area (Å²) < 4.78 is 1.04. The van der Waals surface area contributed by atoms with Crippen molar-refractivity contribution in [3.63, 3.8) is 0 Å². The number of benzene rings is 2. The van der Waals surface area contributed by atoms with E-state index in [4.69, 9.17) is 11.6 Å². The Bertz CT molecular complexity index is 952. The van der Waals surface area contributed by atoms with Crippen molar-refractivity contribution in [1.82, 2.24) is 15.0 Å². The fourth-order valence-corrected chi connectivity index (χ4v) is 2.45. The Hall–Kier alpha value is -2.73. The molecular formula is C16H13ClN4O2. The molecule has 1 heterocycles. The molecule has 3 rings (SSSR count). The first-order chi connectivity index (χ1) is 11.0. The zero-order chi connectivity index (χ0) is 16.4. The highest BCUT2D eigenvalue weighted by atomic mass is 35.5. The average molecular weight is 329 g/mol. The van der Waals surface area contributed by atoms with Crippen molar-refractivity contribution in [3.05, 3.63) is 63.4 Å². The van der Waals surface area contributed by atoms with Gasteiger partial charge in [0, 0.05) is 10.7 Å². The van der Waals surface area contributed by atoms with E-state index in [1.165, 1.54) is 0 Å². The molecule has 2 aromatic carbocycles. The number of anilines is 1. The van der Waals surface area contributed by atoms with Crippen LogP contribution in [0.5, 0.6) is 0 Å². The van der Waals surface area contributed by atoms with Gasteiger partial charge in [-0.1, -0.05) is 28.9 Å². The van der Waals surface area contributed by atoms with Crippen molar-refractivity contribution >= 4 is 34.1 Å². The molecule has 3 aromatic rings. The molecule has 7 heteroatoms. The Morgan fingerprint density at radius 1 is 1.26 bits per heavy atom. The van der Waals surface area contributed by atoms with Crippen LogP contribution in [-0.4, -0.2) is 20.9 Å². The summed E-state index contributed by atoms with van der Waals surface area (Å²) >= 11 is 5.88. The lowest BCUT2D eigenvalue weighted by molar-refractivity contribution is -0.117. The molecule has 1 amide bonds. The van der Waals surface area contributed by atoms with E-state index >= 15 is 0 Å². The molecule has 0 aliphatic carbocycles. The molecule has 1 aromatic heterocycles. The van der Waals surface area contributed by atoms with Gasteiger partial charge in [0.1, 0.15) is 12.1 Å². The highest BCUT2D eigenvalue weighted by Crippen LogP contribution is 2.19. The predicted molar refractivity (Wildman–Crippen MR) is 88.6 cm³/mol. The average Bonchev–Trinajstić information content (AvgIpc) is 2.53. The summed E-state index contributed by atoms with van der Waals surface area (Å²) in [6, 6.07) is 12.0. The normalized spacial score (nSPS) is 10.7. The number of fused-ring (bicyclic) bond motifs is 1. The van der Waals surface area contributed by atoms with Crippen molar-refractivity contribution in [2.45, 2.75) is 13.5 Å². The number of hydrogen-bond acceptors (Lipinski definition) is 4. The Balaban J connectivity index is 1.83. The maximum Gasteiger partial charge on any atom is 0.278 e. The predicted octanol–water partition coefficient (Wildman–Crippen LogP) is 2.39. The Morgan fingerprint density at radius 3 is 2.83 bits per heavy atom. The zero-order valence-corrected chi connectivity index (χ0v) is 13.0. The second-order valence-corrected chi connectivity index (χ2v) is 5.51. The van der Waals surface area contributed by atoms with E-state index < -0.39 is 0 Å². The van der Waals surface area contributed by atoms with E-state index in [1.807, 2.05) is 6.92 Å². The van der Waals surface area contributed by atoms with E-state index in [-0.39, 0.29) is 18.0 Å². The van der Waals surface area contributed by atoms with Gasteiger partial charge >= 0.3 is 0 Å². The second-order valence-electron chi connectivity index (χ2n) is 5.08. The van der Waals surface area contributed by atoms with Crippen LogP contribution in [0.15, 0.2) is 47.3 Å². The number of carbonyl (C=O) groups is 1. The van der Waals surface area contributed by atoms with Gasteiger partial charge in [-0.05, 0) is 42.8 Å². The summed E-state index contributed by atoms with van der Waals surface area (Å²) in [6.45, 7) is 1.63. The van der Waals surface area contributed by atoms with Gasteiger partial charge in [-0.25, -0.2) is 4.68 Å². The highest BCUT2D eigenvalue weighted by Gasteiger charge is 2.10. The van der Waals surface area contributed by atoms with Crippen LogP contribution in [0.1, 0.15) is 5.56 Å². The minimum absolute atomic E-state index is 0.210. The quantitative estimate of drug-likeness (QED) is 0.801. The topological polar surface area (TPSA) is 76.9 Å². The molecule has 0 aliphatic heterocycles. The van der Waals surface area contributed by atoms with E-state index in [2.05, 4.69) is 15.6 Å². The summed E-state index contributed by atoms with van der Waals surface area (Å²) in [6.07, 6.45) is 0. The van der Waals surface area contributed by atoms with Gasteiger partial charge in [-0.2, -0.15) is 0 Å². The first-order valence-electron chi connectivity index (χ1n) is 6.93. The molecule has 0 aliphatic rings. The van der Waals surface area contributed by atoms with Crippen LogP contribution in [0, 0.1) is 6.92 Å². The summed E-state index contributed by atoms with van der Waals surface area (Å²) in [7, 11) is 0. The van der Waals surface area contributed by atoms with Gasteiger partial charge in [0.05, 0.1) is 5.39 Å². The molecule has 0 unspecified atom stereocenters. The minimum atomic E-state index is -0.359. The SMILES string of the molecule is Cc1cc(Cl)ccc1NC(=O)Cn1nnc2ccccc2c1=O. The van der Waals surface area contributed by atoms with Crippen LogP contribution >= 0.6 is 11.6 Å². The number of hydrogen-bond donors (Lipinski definition) is 1. The van der Waals surface area contributed by atoms with Crippen LogP contribution < -0.4 is 10.9 Å². The number of nitrogens with zero attached hydrogens (tertiary/aromatic N) is 3. The van der Waals surface area contributed by atoms with Crippen molar-refractivity contribution in [1.29, 1.82) is 0 Å². The summed E-state index contributed by atoms with van der Waals surface area (Å²) in [5.74, 6) is -0.359. The largest absolute Gasteiger partial charge is 0.324 e. The number of nitrogens with one attached hydrogen (secondary N) is 1. The second kappa shape index (κ2) is 6.18. The number of halogens is 1. The molecule has 6 nitrogen and oxygen atoms in total. The maximum absolute atomic E-state index is 12.3. The van der Waals surface area contributed by atoms with Gasteiger partial charge in [-0.15, -0.1) is 5.10 Å². The third kappa shape index (κ3) is 3.22. The fraction of sp³-hybridized carbons (Fsp3) is 0.125. The molecule has 116 valence electrons. The third-order valence-corrected chi connectivity index (χ3v) is 3.62. The van der Waals surface area contributed by atoms with Crippen molar-refractivity contribution in [2.75, 3.05) is 5.32 Å². The third-order valence-electron chi connectivity index (χ3n) is 3.39. The van der Waals surface area contributed by atoms with Gasteiger partial charge in [-0.3, -0.25) is 9.59 Å². The zero-order valence-electron chi connectivity index (χ0n) is 12.3. The smallest absolute Gasteiger partial charge is 0.278 e. The Labute approximate surface area is 136 Å². The van der Waals surface area contributed by atoms with Crippen molar-refractivity contribution in [3.8, 4) is 0 Å². The van der Waals surface area contributed by atoms with Gasteiger partial charge in [0.2, 0.25) is 5.91 Å². The lowest BCUT2D eigenvalue weighted by Gasteiger charge is -2.09. The summed E-state index contributed by atoms with van der Waals surface area (Å²) in [5, 5.41) is 11.5. The monoisotopic (exact) mass is 328 g/mol. The lowest BCUT2D eigenvalue weighted by Crippen LogP contribution is -2.30. The summed E-state index contributed by atoms with van der Waals surface area (Å²) in [4.78, 5) is 24.4. The number of aromatic nitrogens is 3. The molecule has 0 saturated heterocycles. The highest BCUT2D eigenvalue weighted by molar-refractivity contribution is 6.30. The van der Waals surface area contributed by atoms with E-state index in [0.717, 1.165) is 10.2 Å². The van der Waals surface area contributed by atoms with Crippen LogP contribution in [0.2, 0.25) is 5.02 Å². The van der Waals surface area contributed by atoms with Gasteiger partial charge in [0.25, 0.3) is 5.56 Å². The van der Waals surface area contributed by atoms with Gasteiger partial charge in [0.15, 0.2) is 0 Å². The molecular weight excluding hydrogens is 316 g/mol. The molecule has 23 heavy (non-hydrogen) atoms. The number of amides is 1. The van der Waals surface area contributed by atoms with Crippen molar-refractivity contribution in [2.24, 2.45) is 0 Å². The Morgan fingerprint density at radius 2 is 2.04 bits per heavy atom. The molecule has 0 spiro atoms. The van der Waals surface area contributed by atoms with E-state index in [9.17, 15) is 9.59 Å². The number of rotatable bonds is 3. The van der Waals surface area contributed by atoms with E-state index in [0.29, 0.717) is 21.6 Å². The van der Waals surface area contributed by atoms with E-state index in [1.54, 1.807) is 42.5 Å². The van der Waals surface area contributed by atoms with Crippen molar-refractivity contribution < 1.29 is 4.79 Å². The molecule has 0 saturated carbocycles. The van der Waals surface area contributed by atoms with Gasteiger partial charge < -0.3 is 5.32 Å². The van der Waals surface area contributed by atoms with Crippen LogP contribution in [0.3, 0.4) is 0 Å². The molecule has 0 radical (unpaired) electrons. The van der Waals surface area contributed by atoms with Crippen LogP contribution in [0.25, 0.3) is 10.9 Å². The molecule has 0 fully saturated rings. The molecule has 0 bridgehead atoms. The first kappa shape index (κ1) is 15.2. The molecule has 0 atom stereocenters. The maximum atomic E-state index is 12.3. The Kier molecular flexibility index (Phi) is 4.08. The summed E-state index contributed by atoms with van der Waals surface area (Å²) in [5.41, 5.74) is 1.63. The lowest BCUT2D eigenvalue weighted by atomic mass is 10.2. The fourth-order valence-electron chi connectivity index (χ4n) is 2.22. The van der Waals surface area contributed by atoms with Crippen LogP contribution in [-0.2, 0) is 11.3 Å².